The molecule has 4 aromatic carbocycles. The summed E-state index contributed by atoms with van der Waals surface area (Å²) in [6, 6.07) is 27.5. The van der Waals surface area contributed by atoms with Crippen molar-refractivity contribution in [3.05, 3.63) is 118 Å². The molecule has 0 radical (unpaired) electrons. The molecule has 3 heterocycles. The zero-order valence-electron chi connectivity index (χ0n) is 23.4. The van der Waals surface area contributed by atoms with E-state index in [-0.39, 0.29) is 26.0 Å². The van der Waals surface area contributed by atoms with Gasteiger partial charge in [-0.1, -0.05) is 66.7 Å². The van der Waals surface area contributed by atoms with E-state index >= 15 is 0 Å². The highest BCUT2D eigenvalue weighted by Gasteiger charge is 2.38. The highest BCUT2D eigenvalue weighted by molar-refractivity contribution is 7.48. The first kappa shape index (κ1) is 27.0. The predicted molar refractivity (Wildman–Crippen MR) is 157 cm³/mol. The molecular weight excluding hydrogens is 553 g/mol. The van der Waals surface area contributed by atoms with Crippen LogP contribution in [-0.4, -0.2) is 25.3 Å². The van der Waals surface area contributed by atoms with Crippen LogP contribution in [0.2, 0.25) is 0 Å². The minimum absolute atomic E-state index is 0.0747. The number of phosphoric acid groups is 1. The van der Waals surface area contributed by atoms with Crippen molar-refractivity contribution in [3.63, 3.8) is 0 Å². The van der Waals surface area contributed by atoms with Crippen molar-refractivity contribution < 1.29 is 32.3 Å². The van der Waals surface area contributed by atoms with Gasteiger partial charge in [0, 0.05) is 24.7 Å². The average Bonchev–Trinajstić information content (AvgIpc) is 3.50. The van der Waals surface area contributed by atoms with Gasteiger partial charge < -0.3 is 18.7 Å². The Morgan fingerprint density at radius 3 is 2.19 bits per heavy atom. The second kappa shape index (κ2) is 11.5. The smallest absolute Gasteiger partial charge is 0.493 e. The third-order valence-electron chi connectivity index (χ3n) is 8.09. The Morgan fingerprint density at radius 2 is 1.52 bits per heavy atom. The fourth-order valence-electron chi connectivity index (χ4n) is 5.91. The Hall–Kier alpha value is -3.81. The van der Waals surface area contributed by atoms with Crippen LogP contribution in [0, 0.1) is 0 Å². The van der Waals surface area contributed by atoms with Crippen LogP contribution in [0.15, 0.2) is 84.9 Å². The second-order valence-electron chi connectivity index (χ2n) is 10.6. The number of phosphoric ester groups is 1. The van der Waals surface area contributed by atoms with Crippen LogP contribution in [0.3, 0.4) is 0 Å². The summed E-state index contributed by atoms with van der Waals surface area (Å²) >= 11 is 0. The molecule has 216 valence electrons. The van der Waals surface area contributed by atoms with Gasteiger partial charge >= 0.3 is 7.82 Å². The summed E-state index contributed by atoms with van der Waals surface area (Å²) in [6.07, 6.45) is 1.67. The van der Waals surface area contributed by atoms with Gasteiger partial charge in [-0.3, -0.25) is 13.9 Å². The molecule has 0 saturated carbocycles. The standard InChI is InChI=1S/C33H32NO7P/c1-36-30-13-12-25-16-29-27-18-32-31(37-22-38-32)17-26(27)14-15-34(29)19-28(25)33(30)41-42(35,39-20-23-8-4-2-5-9-23)40-21-24-10-6-3-7-11-24/h2-13,17-18,29H,14-16,19-22H2,1H3. The van der Waals surface area contributed by atoms with E-state index in [4.69, 9.17) is 27.8 Å². The van der Waals surface area contributed by atoms with Gasteiger partial charge in [0.25, 0.3) is 0 Å². The number of fused-ring (bicyclic) bond motifs is 5. The van der Waals surface area contributed by atoms with E-state index in [1.165, 1.54) is 11.1 Å². The maximum atomic E-state index is 14.3. The van der Waals surface area contributed by atoms with Crippen LogP contribution in [-0.2, 0) is 46.2 Å². The lowest BCUT2D eigenvalue weighted by Crippen LogP contribution is -2.39. The van der Waals surface area contributed by atoms with E-state index in [0.29, 0.717) is 18.0 Å². The Labute approximate surface area is 245 Å². The molecule has 0 saturated heterocycles. The van der Waals surface area contributed by atoms with Gasteiger partial charge in [-0.15, -0.1) is 0 Å². The number of hydrogen-bond donors (Lipinski definition) is 0. The molecular formula is C33H32NO7P. The Morgan fingerprint density at radius 1 is 0.857 bits per heavy atom. The normalized spacial score (nSPS) is 17.2. The van der Waals surface area contributed by atoms with Crippen LogP contribution < -0.4 is 18.7 Å². The van der Waals surface area contributed by atoms with Gasteiger partial charge in [-0.2, -0.15) is 0 Å². The molecule has 0 aromatic heterocycles. The largest absolute Gasteiger partial charge is 0.530 e. The van der Waals surface area contributed by atoms with Gasteiger partial charge in [0.1, 0.15) is 0 Å². The van der Waals surface area contributed by atoms with E-state index in [1.807, 2.05) is 66.7 Å². The molecule has 0 N–H and O–H groups in total. The molecule has 0 spiro atoms. The molecule has 8 nitrogen and oxygen atoms in total. The van der Waals surface area contributed by atoms with Crippen LogP contribution in [0.4, 0.5) is 0 Å². The zero-order chi connectivity index (χ0) is 28.5. The number of hydrogen-bond acceptors (Lipinski definition) is 8. The lowest BCUT2D eigenvalue weighted by Gasteiger charge is -2.42. The molecule has 0 amide bonds. The summed E-state index contributed by atoms with van der Waals surface area (Å²) in [5, 5.41) is 0. The Bertz CT molecular complexity index is 1580. The Kier molecular flexibility index (Phi) is 7.38. The van der Waals surface area contributed by atoms with Crippen LogP contribution in [0.5, 0.6) is 23.0 Å². The molecule has 3 aliphatic heterocycles. The highest BCUT2D eigenvalue weighted by atomic mass is 31.2. The molecule has 0 fully saturated rings. The summed E-state index contributed by atoms with van der Waals surface area (Å²) in [4.78, 5) is 2.43. The van der Waals surface area contributed by atoms with Gasteiger partial charge in [0.2, 0.25) is 6.79 Å². The Balaban J connectivity index is 1.20. The van der Waals surface area contributed by atoms with Gasteiger partial charge in [-0.25, -0.2) is 4.57 Å². The fourth-order valence-corrected chi connectivity index (χ4v) is 7.13. The quantitative estimate of drug-likeness (QED) is 0.195. The lowest BCUT2D eigenvalue weighted by molar-refractivity contribution is 0.136. The summed E-state index contributed by atoms with van der Waals surface area (Å²) in [7, 11) is -2.50. The maximum Gasteiger partial charge on any atom is 0.530 e. The molecule has 42 heavy (non-hydrogen) atoms. The first-order valence-electron chi connectivity index (χ1n) is 14.1. The van der Waals surface area contributed by atoms with Crippen LogP contribution in [0.1, 0.15) is 39.4 Å². The SMILES string of the molecule is COc1ccc2c(c1OP(=O)(OCc1ccccc1)OCc1ccccc1)CN1CCc3cc4c(cc3C1C2)OCO4. The average molecular weight is 586 g/mol. The summed E-state index contributed by atoms with van der Waals surface area (Å²) in [6.45, 7) is 1.89. The monoisotopic (exact) mass is 585 g/mol. The van der Waals surface area contributed by atoms with E-state index in [1.54, 1.807) is 7.11 Å². The molecule has 1 atom stereocenters. The number of benzene rings is 4. The highest BCUT2D eigenvalue weighted by Crippen LogP contribution is 2.55. The number of nitrogens with zero attached hydrogens (tertiary/aromatic N) is 1. The van der Waals surface area contributed by atoms with E-state index in [0.717, 1.165) is 53.1 Å². The van der Waals surface area contributed by atoms with E-state index in [9.17, 15) is 4.57 Å². The van der Waals surface area contributed by atoms with Crippen molar-refractivity contribution in [2.24, 2.45) is 0 Å². The number of ether oxygens (including phenoxy) is 3. The maximum absolute atomic E-state index is 14.3. The van der Waals surface area contributed by atoms with Crippen molar-refractivity contribution in [2.45, 2.75) is 38.6 Å². The van der Waals surface area contributed by atoms with Crippen molar-refractivity contribution in [1.29, 1.82) is 0 Å². The number of rotatable bonds is 9. The summed E-state index contributed by atoms with van der Waals surface area (Å²) in [5.41, 5.74) is 6.32. The van der Waals surface area contributed by atoms with Gasteiger partial charge in [0.15, 0.2) is 23.0 Å². The van der Waals surface area contributed by atoms with Crippen LogP contribution >= 0.6 is 7.82 Å². The van der Waals surface area contributed by atoms with Crippen molar-refractivity contribution in [2.75, 3.05) is 20.4 Å². The third-order valence-corrected chi connectivity index (χ3v) is 9.38. The second-order valence-corrected chi connectivity index (χ2v) is 12.2. The minimum atomic E-state index is -4.09. The molecule has 7 rings (SSSR count). The first-order valence-corrected chi connectivity index (χ1v) is 15.6. The number of methoxy groups -OCH3 is 1. The topological polar surface area (TPSA) is 75.7 Å². The van der Waals surface area contributed by atoms with Gasteiger partial charge in [-0.05, 0) is 58.9 Å². The van der Waals surface area contributed by atoms with Crippen LogP contribution in [0.25, 0.3) is 0 Å². The lowest BCUT2D eigenvalue weighted by atomic mass is 9.83. The fraction of sp³-hybridized carbons (Fsp3) is 0.273. The molecule has 4 aromatic rings. The third kappa shape index (κ3) is 5.39. The molecule has 0 aliphatic carbocycles. The zero-order valence-corrected chi connectivity index (χ0v) is 24.3. The minimum Gasteiger partial charge on any atom is -0.493 e. The molecule has 9 heteroatoms. The van der Waals surface area contributed by atoms with Crippen molar-refractivity contribution >= 4 is 7.82 Å². The predicted octanol–water partition coefficient (Wildman–Crippen LogP) is 7.00. The summed E-state index contributed by atoms with van der Waals surface area (Å²) < 4.78 is 49.5. The van der Waals surface area contributed by atoms with Crippen molar-refractivity contribution in [3.8, 4) is 23.0 Å². The van der Waals surface area contributed by atoms with Crippen molar-refractivity contribution in [1.82, 2.24) is 4.90 Å². The molecule has 0 bridgehead atoms. The summed E-state index contributed by atoms with van der Waals surface area (Å²) in [5.74, 6) is 2.50. The molecule has 1 unspecified atom stereocenters. The van der Waals surface area contributed by atoms with E-state index in [2.05, 4.69) is 23.1 Å². The van der Waals surface area contributed by atoms with E-state index < -0.39 is 7.82 Å². The molecule has 3 aliphatic rings. The van der Waals surface area contributed by atoms with Gasteiger partial charge in [0.05, 0.1) is 20.3 Å². The first-order chi connectivity index (χ1) is 20.6.